The van der Waals surface area contributed by atoms with Crippen LogP contribution in [0.15, 0.2) is 18.2 Å². The van der Waals surface area contributed by atoms with Crippen molar-refractivity contribution in [1.29, 1.82) is 0 Å². The van der Waals surface area contributed by atoms with Gasteiger partial charge in [-0.05, 0) is 43.9 Å². The zero-order chi connectivity index (χ0) is 16.1. The molecule has 0 unspecified atom stereocenters. The van der Waals surface area contributed by atoms with Gasteiger partial charge in [0.1, 0.15) is 5.54 Å². The van der Waals surface area contributed by atoms with E-state index in [4.69, 9.17) is 23.2 Å². The second kappa shape index (κ2) is 5.43. The van der Waals surface area contributed by atoms with Crippen LogP contribution < -0.4 is 5.32 Å². The molecule has 3 rings (SSSR count). The maximum Gasteiger partial charge on any atom is 0.245 e. The standard InChI is InChI=1S/C16H18Cl2N2O2/c1-16(2)15(22)19-5-6-20(16)14(21)11-8-10(11)9-3-4-12(17)13(18)7-9/h3-4,7,10-11H,5-6,8H2,1-2H3,(H,19,22)/t10-,11-/m1/s1. The van der Waals surface area contributed by atoms with Crippen molar-refractivity contribution in [3.05, 3.63) is 33.8 Å². The Morgan fingerprint density at radius 1 is 1.32 bits per heavy atom. The highest BCUT2D eigenvalue weighted by atomic mass is 35.5. The fourth-order valence-electron chi connectivity index (χ4n) is 3.06. The van der Waals surface area contributed by atoms with Crippen molar-refractivity contribution in [1.82, 2.24) is 10.2 Å². The van der Waals surface area contributed by atoms with Crippen LogP contribution in [-0.2, 0) is 9.59 Å². The summed E-state index contributed by atoms with van der Waals surface area (Å²) in [6.07, 6.45) is 0.797. The largest absolute Gasteiger partial charge is 0.352 e. The van der Waals surface area contributed by atoms with Crippen LogP contribution >= 0.6 is 23.2 Å². The molecule has 1 heterocycles. The smallest absolute Gasteiger partial charge is 0.245 e. The summed E-state index contributed by atoms with van der Waals surface area (Å²) in [5.41, 5.74) is 0.243. The first-order chi connectivity index (χ1) is 10.3. The van der Waals surface area contributed by atoms with Gasteiger partial charge in [-0.15, -0.1) is 0 Å². The van der Waals surface area contributed by atoms with E-state index in [2.05, 4.69) is 5.32 Å². The number of rotatable bonds is 2. The molecular formula is C16H18Cl2N2O2. The quantitative estimate of drug-likeness (QED) is 0.899. The van der Waals surface area contributed by atoms with E-state index >= 15 is 0 Å². The maximum atomic E-state index is 12.7. The molecule has 2 atom stereocenters. The van der Waals surface area contributed by atoms with Gasteiger partial charge in [0.05, 0.1) is 10.0 Å². The van der Waals surface area contributed by atoms with Gasteiger partial charge in [-0.1, -0.05) is 29.3 Å². The first kappa shape index (κ1) is 15.6. The van der Waals surface area contributed by atoms with Crippen LogP contribution in [0.1, 0.15) is 31.7 Å². The predicted octanol–water partition coefficient (Wildman–Crippen LogP) is 2.83. The lowest BCUT2D eigenvalue weighted by molar-refractivity contribution is -0.150. The third kappa shape index (κ3) is 2.59. The molecule has 1 aromatic rings. The van der Waals surface area contributed by atoms with E-state index in [1.54, 1.807) is 24.8 Å². The number of carbonyl (C=O) groups excluding carboxylic acids is 2. The number of benzene rings is 1. The van der Waals surface area contributed by atoms with E-state index in [1.807, 2.05) is 12.1 Å². The van der Waals surface area contributed by atoms with Gasteiger partial charge in [-0.2, -0.15) is 0 Å². The van der Waals surface area contributed by atoms with Crippen molar-refractivity contribution in [2.24, 2.45) is 5.92 Å². The summed E-state index contributed by atoms with van der Waals surface area (Å²) in [5.74, 6) is 0.0558. The molecule has 1 saturated heterocycles. The molecule has 22 heavy (non-hydrogen) atoms. The molecule has 0 aromatic heterocycles. The van der Waals surface area contributed by atoms with Crippen molar-refractivity contribution in [2.45, 2.75) is 31.7 Å². The normalized spacial score (nSPS) is 26.5. The highest BCUT2D eigenvalue weighted by Gasteiger charge is 2.50. The number of amides is 2. The van der Waals surface area contributed by atoms with E-state index in [0.717, 1.165) is 12.0 Å². The van der Waals surface area contributed by atoms with E-state index in [-0.39, 0.29) is 23.7 Å². The lowest BCUT2D eigenvalue weighted by atomic mass is 9.97. The molecule has 1 aliphatic heterocycles. The van der Waals surface area contributed by atoms with Crippen molar-refractivity contribution in [3.8, 4) is 0 Å². The van der Waals surface area contributed by atoms with Crippen molar-refractivity contribution in [3.63, 3.8) is 0 Å². The second-order valence-electron chi connectivity index (χ2n) is 6.43. The molecule has 0 radical (unpaired) electrons. The summed E-state index contributed by atoms with van der Waals surface area (Å²) >= 11 is 12.0. The fraction of sp³-hybridized carbons (Fsp3) is 0.500. The topological polar surface area (TPSA) is 49.4 Å². The Morgan fingerprint density at radius 3 is 2.73 bits per heavy atom. The van der Waals surface area contributed by atoms with Crippen LogP contribution in [0.3, 0.4) is 0 Å². The average Bonchev–Trinajstić information content (AvgIpc) is 3.24. The second-order valence-corrected chi connectivity index (χ2v) is 7.24. The maximum absolute atomic E-state index is 12.7. The summed E-state index contributed by atoms with van der Waals surface area (Å²) in [7, 11) is 0. The Balaban J connectivity index is 1.75. The zero-order valence-corrected chi connectivity index (χ0v) is 14.0. The number of piperazine rings is 1. The van der Waals surface area contributed by atoms with Gasteiger partial charge in [-0.25, -0.2) is 0 Å². The van der Waals surface area contributed by atoms with Crippen LogP contribution in [-0.4, -0.2) is 35.3 Å². The molecule has 118 valence electrons. The minimum Gasteiger partial charge on any atom is -0.352 e. The first-order valence-electron chi connectivity index (χ1n) is 7.37. The van der Waals surface area contributed by atoms with Gasteiger partial charge in [0.2, 0.25) is 11.8 Å². The van der Waals surface area contributed by atoms with Gasteiger partial charge in [-0.3, -0.25) is 9.59 Å². The minimum absolute atomic E-state index is 0.0518. The summed E-state index contributed by atoms with van der Waals surface area (Å²) in [4.78, 5) is 26.4. The number of hydrogen-bond acceptors (Lipinski definition) is 2. The van der Waals surface area contributed by atoms with Gasteiger partial charge in [0.15, 0.2) is 0 Å². The SMILES string of the molecule is CC1(C)C(=O)NCCN1C(=O)[C@@H]1C[C@@H]1c1ccc(Cl)c(Cl)c1. The van der Waals surface area contributed by atoms with Crippen molar-refractivity contribution >= 4 is 35.0 Å². The Bertz CT molecular complexity index is 645. The average molecular weight is 341 g/mol. The molecule has 4 nitrogen and oxygen atoms in total. The molecular weight excluding hydrogens is 323 g/mol. The number of nitrogens with zero attached hydrogens (tertiary/aromatic N) is 1. The van der Waals surface area contributed by atoms with Crippen LogP contribution in [0.25, 0.3) is 0 Å². The molecule has 2 amide bonds. The molecule has 1 aliphatic carbocycles. The third-order valence-corrected chi connectivity index (χ3v) is 5.34. The van der Waals surface area contributed by atoms with E-state index < -0.39 is 5.54 Å². The highest BCUT2D eigenvalue weighted by Crippen LogP contribution is 2.50. The third-order valence-electron chi connectivity index (χ3n) is 4.60. The Kier molecular flexibility index (Phi) is 3.86. The minimum atomic E-state index is -0.792. The van der Waals surface area contributed by atoms with Gasteiger partial charge >= 0.3 is 0 Å². The van der Waals surface area contributed by atoms with E-state index in [0.29, 0.717) is 23.1 Å². The van der Waals surface area contributed by atoms with Crippen molar-refractivity contribution < 1.29 is 9.59 Å². The number of hydrogen-bond donors (Lipinski definition) is 1. The number of carbonyl (C=O) groups is 2. The monoisotopic (exact) mass is 340 g/mol. The molecule has 1 aromatic carbocycles. The van der Waals surface area contributed by atoms with E-state index in [1.165, 1.54) is 0 Å². The van der Waals surface area contributed by atoms with Crippen LogP contribution in [0.4, 0.5) is 0 Å². The van der Waals surface area contributed by atoms with Gasteiger partial charge in [0.25, 0.3) is 0 Å². The van der Waals surface area contributed by atoms with Gasteiger partial charge in [0, 0.05) is 19.0 Å². The molecule has 0 bridgehead atoms. The van der Waals surface area contributed by atoms with Crippen molar-refractivity contribution in [2.75, 3.05) is 13.1 Å². The number of halogens is 2. The Hall–Kier alpha value is -1.26. The summed E-state index contributed by atoms with van der Waals surface area (Å²) in [6, 6.07) is 5.51. The highest BCUT2D eigenvalue weighted by molar-refractivity contribution is 6.42. The summed E-state index contributed by atoms with van der Waals surface area (Å²) < 4.78 is 0. The molecule has 1 N–H and O–H groups in total. The first-order valence-corrected chi connectivity index (χ1v) is 8.12. The van der Waals surface area contributed by atoms with Crippen LogP contribution in [0, 0.1) is 5.92 Å². The Morgan fingerprint density at radius 2 is 2.05 bits per heavy atom. The molecule has 0 spiro atoms. The fourth-order valence-corrected chi connectivity index (χ4v) is 3.37. The Labute approximate surface area is 139 Å². The van der Waals surface area contributed by atoms with Crippen LogP contribution in [0.2, 0.25) is 10.0 Å². The summed E-state index contributed by atoms with van der Waals surface area (Å²) in [5, 5.41) is 3.83. The van der Waals surface area contributed by atoms with Crippen LogP contribution in [0.5, 0.6) is 0 Å². The number of nitrogens with one attached hydrogen (secondary N) is 1. The lowest BCUT2D eigenvalue weighted by Crippen LogP contribution is -2.63. The van der Waals surface area contributed by atoms with Gasteiger partial charge < -0.3 is 10.2 Å². The molecule has 6 heteroatoms. The molecule has 2 aliphatic rings. The zero-order valence-electron chi connectivity index (χ0n) is 12.5. The van der Waals surface area contributed by atoms with E-state index in [9.17, 15) is 9.59 Å². The predicted molar refractivity (Wildman–Crippen MR) is 86.1 cm³/mol. The summed E-state index contributed by atoms with van der Waals surface area (Å²) in [6.45, 7) is 4.65. The molecule has 2 fully saturated rings. The molecule has 1 saturated carbocycles. The lowest BCUT2D eigenvalue weighted by Gasteiger charge is -2.41.